The number of hydrogen-bond acceptors (Lipinski definition) is 6. The third kappa shape index (κ3) is 4.46. The lowest BCUT2D eigenvalue weighted by Crippen LogP contribution is -2.25. The Labute approximate surface area is 117 Å². The van der Waals surface area contributed by atoms with E-state index in [1.54, 1.807) is 38.1 Å². The van der Waals surface area contributed by atoms with Crippen LogP contribution in [0.5, 0.6) is 11.5 Å². The van der Waals surface area contributed by atoms with Gasteiger partial charge in [0.05, 0.1) is 14.2 Å². The summed E-state index contributed by atoms with van der Waals surface area (Å²) in [7, 11) is 2.60. The minimum Gasteiger partial charge on any atom is -0.479 e. The van der Waals surface area contributed by atoms with Gasteiger partial charge in [0.15, 0.2) is 12.2 Å². The van der Waals surface area contributed by atoms with Crippen molar-refractivity contribution >= 4 is 11.9 Å². The lowest BCUT2D eigenvalue weighted by molar-refractivity contribution is -0.148. The highest BCUT2D eigenvalue weighted by atomic mass is 16.6. The van der Waals surface area contributed by atoms with Crippen LogP contribution in [0.4, 0.5) is 0 Å². The van der Waals surface area contributed by atoms with Crippen molar-refractivity contribution in [2.75, 3.05) is 14.2 Å². The van der Waals surface area contributed by atoms with Crippen molar-refractivity contribution in [1.29, 1.82) is 0 Å². The molecule has 0 aromatic heterocycles. The number of esters is 2. The van der Waals surface area contributed by atoms with Gasteiger partial charge in [0, 0.05) is 0 Å². The SMILES string of the molecule is COC(=O)[C@H](C)Oc1ccc(O[C@@H](C)C(=O)OC)cc1. The molecule has 20 heavy (non-hydrogen) atoms. The molecule has 0 unspecified atom stereocenters. The summed E-state index contributed by atoms with van der Waals surface area (Å²) in [5.74, 6) is 0.0937. The van der Waals surface area contributed by atoms with Gasteiger partial charge >= 0.3 is 11.9 Å². The van der Waals surface area contributed by atoms with Gasteiger partial charge in [0.1, 0.15) is 11.5 Å². The minimum absolute atomic E-state index is 0.454. The number of carbonyl (C=O) groups is 2. The van der Waals surface area contributed by atoms with Crippen LogP contribution in [0.15, 0.2) is 24.3 Å². The van der Waals surface area contributed by atoms with Gasteiger partial charge in [-0.2, -0.15) is 0 Å². The first-order valence-corrected chi connectivity index (χ1v) is 6.07. The average molecular weight is 282 g/mol. The van der Waals surface area contributed by atoms with E-state index in [9.17, 15) is 9.59 Å². The summed E-state index contributed by atoms with van der Waals surface area (Å²) in [4.78, 5) is 22.4. The lowest BCUT2D eigenvalue weighted by atomic mass is 10.3. The van der Waals surface area contributed by atoms with Crippen molar-refractivity contribution < 1.29 is 28.5 Å². The van der Waals surface area contributed by atoms with Gasteiger partial charge in [0.2, 0.25) is 0 Å². The molecule has 0 N–H and O–H groups in total. The number of ether oxygens (including phenoxy) is 4. The van der Waals surface area contributed by atoms with Gasteiger partial charge in [-0.1, -0.05) is 0 Å². The zero-order valence-corrected chi connectivity index (χ0v) is 11.9. The third-order valence-electron chi connectivity index (χ3n) is 2.52. The highest BCUT2D eigenvalue weighted by molar-refractivity contribution is 5.74. The molecule has 1 rings (SSSR count). The third-order valence-corrected chi connectivity index (χ3v) is 2.52. The van der Waals surface area contributed by atoms with E-state index in [0.29, 0.717) is 11.5 Å². The van der Waals surface area contributed by atoms with E-state index in [1.165, 1.54) is 14.2 Å². The molecule has 0 aliphatic carbocycles. The summed E-state index contributed by atoms with van der Waals surface area (Å²) < 4.78 is 19.9. The maximum Gasteiger partial charge on any atom is 0.346 e. The molecule has 0 amide bonds. The summed E-state index contributed by atoms with van der Waals surface area (Å²) in [6.07, 6.45) is -1.39. The van der Waals surface area contributed by atoms with Gasteiger partial charge in [-0.15, -0.1) is 0 Å². The Kier molecular flexibility index (Phi) is 5.83. The predicted molar refractivity (Wildman–Crippen MR) is 70.7 cm³/mol. The van der Waals surface area contributed by atoms with E-state index in [1.807, 2.05) is 0 Å². The maximum atomic E-state index is 11.2. The molecule has 1 aromatic carbocycles. The van der Waals surface area contributed by atoms with Gasteiger partial charge < -0.3 is 18.9 Å². The van der Waals surface area contributed by atoms with Gasteiger partial charge in [-0.3, -0.25) is 0 Å². The van der Waals surface area contributed by atoms with Crippen molar-refractivity contribution in [3.05, 3.63) is 24.3 Å². The van der Waals surface area contributed by atoms with Crippen molar-refractivity contribution in [3.8, 4) is 11.5 Å². The van der Waals surface area contributed by atoms with E-state index < -0.39 is 24.1 Å². The van der Waals surface area contributed by atoms with Crippen LogP contribution in [0, 0.1) is 0 Å². The molecule has 0 spiro atoms. The van der Waals surface area contributed by atoms with Crippen LogP contribution in [-0.2, 0) is 19.1 Å². The molecule has 0 aliphatic rings. The molecule has 6 nitrogen and oxygen atoms in total. The van der Waals surface area contributed by atoms with E-state index in [2.05, 4.69) is 9.47 Å². The number of benzene rings is 1. The van der Waals surface area contributed by atoms with E-state index in [0.717, 1.165) is 0 Å². The van der Waals surface area contributed by atoms with Gasteiger partial charge in [0.25, 0.3) is 0 Å². The van der Waals surface area contributed by atoms with E-state index in [4.69, 9.17) is 9.47 Å². The highest BCUT2D eigenvalue weighted by Crippen LogP contribution is 2.20. The Hall–Kier alpha value is -2.24. The Bertz CT molecular complexity index is 410. The molecule has 0 saturated heterocycles. The van der Waals surface area contributed by atoms with Crippen LogP contribution < -0.4 is 9.47 Å². The lowest BCUT2D eigenvalue weighted by Gasteiger charge is -2.14. The van der Waals surface area contributed by atoms with Crippen LogP contribution in [0.1, 0.15) is 13.8 Å². The fourth-order valence-corrected chi connectivity index (χ4v) is 1.43. The molecule has 0 aliphatic heterocycles. The number of methoxy groups -OCH3 is 2. The highest BCUT2D eigenvalue weighted by Gasteiger charge is 2.16. The first-order valence-electron chi connectivity index (χ1n) is 6.07. The predicted octanol–water partition coefficient (Wildman–Crippen LogP) is 1.57. The van der Waals surface area contributed by atoms with Crippen molar-refractivity contribution in [2.45, 2.75) is 26.1 Å². The zero-order chi connectivity index (χ0) is 15.1. The largest absolute Gasteiger partial charge is 0.479 e. The summed E-state index contributed by atoms with van der Waals surface area (Å²) in [5, 5.41) is 0. The molecular weight excluding hydrogens is 264 g/mol. The van der Waals surface area contributed by atoms with Crippen LogP contribution in [-0.4, -0.2) is 38.4 Å². The van der Waals surface area contributed by atoms with Crippen LogP contribution in [0.3, 0.4) is 0 Å². The molecule has 1 aromatic rings. The minimum atomic E-state index is -0.694. The summed E-state index contributed by atoms with van der Waals surface area (Å²) in [6, 6.07) is 6.55. The summed E-state index contributed by atoms with van der Waals surface area (Å²) in [5.41, 5.74) is 0. The van der Waals surface area contributed by atoms with Gasteiger partial charge in [-0.25, -0.2) is 9.59 Å². The number of rotatable bonds is 6. The molecule has 110 valence electrons. The smallest absolute Gasteiger partial charge is 0.346 e. The Morgan fingerprint density at radius 2 is 1.10 bits per heavy atom. The monoisotopic (exact) mass is 282 g/mol. The standard InChI is InChI=1S/C14H18O6/c1-9(13(15)17-3)19-11-5-7-12(8-6-11)20-10(2)14(16)18-4/h5-10H,1-4H3/t9-,10-/m0/s1. The summed E-state index contributed by atoms with van der Waals surface area (Å²) >= 11 is 0. The maximum absolute atomic E-state index is 11.2. The Morgan fingerprint density at radius 3 is 1.35 bits per heavy atom. The zero-order valence-electron chi connectivity index (χ0n) is 11.9. The molecule has 2 atom stereocenters. The van der Waals surface area contributed by atoms with Gasteiger partial charge in [-0.05, 0) is 38.1 Å². The van der Waals surface area contributed by atoms with Crippen molar-refractivity contribution in [3.63, 3.8) is 0 Å². The second-order valence-electron chi connectivity index (χ2n) is 4.04. The van der Waals surface area contributed by atoms with Crippen molar-refractivity contribution in [1.82, 2.24) is 0 Å². The molecule has 6 heteroatoms. The normalized spacial score (nSPS) is 13.0. The average Bonchev–Trinajstić information content (AvgIpc) is 2.47. The molecule has 0 fully saturated rings. The Balaban J connectivity index is 2.60. The first-order chi connectivity index (χ1) is 9.47. The van der Waals surface area contributed by atoms with Crippen molar-refractivity contribution in [2.24, 2.45) is 0 Å². The van der Waals surface area contributed by atoms with Crippen LogP contribution >= 0.6 is 0 Å². The number of hydrogen-bond donors (Lipinski definition) is 0. The van der Waals surface area contributed by atoms with Crippen LogP contribution in [0.2, 0.25) is 0 Å². The fourth-order valence-electron chi connectivity index (χ4n) is 1.43. The molecule has 0 heterocycles. The summed E-state index contributed by atoms with van der Waals surface area (Å²) in [6.45, 7) is 3.19. The molecule has 0 bridgehead atoms. The molecular formula is C14H18O6. The quantitative estimate of drug-likeness (QED) is 0.737. The first kappa shape index (κ1) is 15.8. The van der Waals surface area contributed by atoms with E-state index >= 15 is 0 Å². The Morgan fingerprint density at radius 1 is 0.800 bits per heavy atom. The number of carbonyl (C=O) groups excluding carboxylic acids is 2. The second kappa shape index (κ2) is 7.37. The second-order valence-corrected chi connectivity index (χ2v) is 4.04. The molecule has 0 radical (unpaired) electrons. The van der Waals surface area contributed by atoms with E-state index in [-0.39, 0.29) is 0 Å². The van der Waals surface area contributed by atoms with Crippen LogP contribution in [0.25, 0.3) is 0 Å². The fraction of sp³-hybridized carbons (Fsp3) is 0.429. The topological polar surface area (TPSA) is 71.1 Å². The molecule has 0 saturated carbocycles.